The monoisotopic (exact) mass is 394 g/mol. The lowest BCUT2D eigenvalue weighted by molar-refractivity contribution is -0.114. The third-order valence-electron chi connectivity index (χ3n) is 4.32. The fourth-order valence-electron chi connectivity index (χ4n) is 2.88. The van der Waals surface area contributed by atoms with Crippen molar-refractivity contribution >= 4 is 46.8 Å². The summed E-state index contributed by atoms with van der Waals surface area (Å²) < 4.78 is 4.68. The van der Waals surface area contributed by atoms with E-state index in [2.05, 4.69) is 25.3 Å². The third-order valence-corrected chi connectivity index (χ3v) is 4.68. The number of fused-ring (bicyclic) bond motifs is 1. The van der Waals surface area contributed by atoms with Crippen LogP contribution in [0.1, 0.15) is 22.5 Å². The van der Waals surface area contributed by atoms with Crippen LogP contribution in [0.5, 0.6) is 0 Å². The molecule has 0 fully saturated rings. The number of Topliss-reactive ketones (excluding diaryl/α,β-unsaturated/α-hetero) is 1. The number of esters is 1. The van der Waals surface area contributed by atoms with Crippen LogP contribution in [0, 0.1) is 0 Å². The van der Waals surface area contributed by atoms with Crippen molar-refractivity contribution in [2.75, 3.05) is 17.7 Å². The zero-order valence-corrected chi connectivity index (χ0v) is 15.6. The van der Waals surface area contributed by atoms with E-state index in [1.165, 1.54) is 7.11 Å². The smallest absolute Gasteiger partial charge is 0.337 e. The van der Waals surface area contributed by atoms with Crippen molar-refractivity contribution in [3.63, 3.8) is 0 Å². The molecule has 140 valence electrons. The molecule has 2 aromatic rings. The topological polar surface area (TPSA) is 93.2 Å². The van der Waals surface area contributed by atoms with Gasteiger partial charge in [-0.05, 0) is 36.4 Å². The molecule has 4 rings (SSSR count). The first-order valence-corrected chi connectivity index (χ1v) is 8.84. The summed E-state index contributed by atoms with van der Waals surface area (Å²) in [5.74, 6) is -0.0589. The first kappa shape index (κ1) is 17.9. The molecule has 0 spiro atoms. The summed E-state index contributed by atoms with van der Waals surface area (Å²) in [5, 5.41) is 6.71. The number of rotatable bonds is 3. The predicted octanol–water partition coefficient (Wildman–Crippen LogP) is 3.80. The van der Waals surface area contributed by atoms with E-state index in [1.54, 1.807) is 48.7 Å². The number of ketones is 1. The van der Waals surface area contributed by atoms with Crippen molar-refractivity contribution in [2.45, 2.75) is 6.42 Å². The highest BCUT2D eigenvalue weighted by atomic mass is 35.5. The lowest BCUT2D eigenvalue weighted by Gasteiger charge is -2.16. The molecule has 0 bridgehead atoms. The van der Waals surface area contributed by atoms with Crippen LogP contribution >= 0.6 is 11.6 Å². The van der Waals surface area contributed by atoms with Crippen molar-refractivity contribution in [3.8, 4) is 0 Å². The molecule has 1 aliphatic heterocycles. The zero-order valence-electron chi connectivity index (χ0n) is 14.8. The third kappa shape index (κ3) is 3.39. The van der Waals surface area contributed by atoms with E-state index in [1.807, 2.05) is 0 Å². The SMILES string of the molecule is COC(=O)c1ccc(Nc2ncc3c(n2)C=CC2=C(N3)C(=O)CC=C2Cl)cc1. The number of allylic oxidation sites excluding steroid dienone is 5. The molecule has 1 aromatic carbocycles. The number of methoxy groups -OCH3 is 1. The molecule has 0 unspecified atom stereocenters. The van der Waals surface area contributed by atoms with E-state index in [0.29, 0.717) is 39.2 Å². The molecule has 1 aromatic heterocycles. The quantitative estimate of drug-likeness (QED) is 0.765. The minimum atomic E-state index is -0.400. The van der Waals surface area contributed by atoms with Gasteiger partial charge >= 0.3 is 5.97 Å². The van der Waals surface area contributed by atoms with Crippen LogP contribution in [0.15, 0.2) is 58.9 Å². The maximum atomic E-state index is 12.2. The molecule has 8 heteroatoms. The van der Waals surface area contributed by atoms with E-state index < -0.39 is 5.97 Å². The van der Waals surface area contributed by atoms with Gasteiger partial charge in [0.15, 0.2) is 5.78 Å². The molecule has 0 saturated carbocycles. The highest BCUT2D eigenvalue weighted by molar-refractivity contribution is 6.33. The molecule has 0 saturated heterocycles. The highest BCUT2D eigenvalue weighted by Gasteiger charge is 2.23. The van der Waals surface area contributed by atoms with Crippen molar-refractivity contribution in [3.05, 3.63) is 70.2 Å². The van der Waals surface area contributed by atoms with Gasteiger partial charge in [0.1, 0.15) is 0 Å². The largest absolute Gasteiger partial charge is 0.465 e. The van der Waals surface area contributed by atoms with Gasteiger partial charge in [0.05, 0.1) is 35.9 Å². The van der Waals surface area contributed by atoms with Gasteiger partial charge in [-0.15, -0.1) is 0 Å². The maximum Gasteiger partial charge on any atom is 0.337 e. The average Bonchev–Trinajstić information content (AvgIpc) is 2.91. The summed E-state index contributed by atoms with van der Waals surface area (Å²) in [6, 6.07) is 6.77. The van der Waals surface area contributed by atoms with Gasteiger partial charge in [-0.2, -0.15) is 0 Å². The number of anilines is 3. The van der Waals surface area contributed by atoms with E-state index >= 15 is 0 Å². The molecular formula is C20H15ClN4O3. The van der Waals surface area contributed by atoms with Gasteiger partial charge in [0, 0.05) is 22.7 Å². The number of carbonyl (C=O) groups is 2. The van der Waals surface area contributed by atoms with Crippen LogP contribution in [0.25, 0.3) is 6.08 Å². The van der Waals surface area contributed by atoms with Crippen molar-refractivity contribution in [1.82, 2.24) is 9.97 Å². The van der Waals surface area contributed by atoms with E-state index in [0.717, 1.165) is 5.69 Å². The van der Waals surface area contributed by atoms with Crippen LogP contribution < -0.4 is 10.6 Å². The molecule has 0 amide bonds. The lowest BCUT2D eigenvalue weighted by atomic mass is 10.0. The Balaban J connectivity index is 1.58. The Morgan fingerprint density at radius 2 is 2.04 bits per heavy atom. The lowest BCUT2D eigenvalue weighted by Crippen LogP contribution is -2.16. The number of benzene rings is 1. The van der Waals surface area contributed by atoms with Gasteiger partial charge in [0.25, 0.3) is 0 Å². The highest BCUT2D eigenvalue weighted by Crippen LogP contribution is 2.32. The number of halogens is 1. The van der Waals surface area contributed by atoms with Gasteiger partial charge < -0.3 is 15.4 Å². The maximum absolute atomic E-state index is 12.2. The molecule has 2 heterocycles. The molecular weight excluding hydrogens is 380 g/mol. The van der Waals surface area contributed by atoms with Crippen molar-refractivity contribution in [1.29, 1.82) is 0 Å². The van der Waals surface area contributed by atoms with Gasteiger partial charge in [-0.1, -0.05) is 17.7 Å². The molecule has 0 radical (unpaired) electrons. The summed E-state index contributed by atoms with van der Waals surface area (Å²) in [6.07, 6.45) is 7.11. The number of ether oxygens (including phenoxy) is 1. The number of carbonyl (C=O) groups excluding carboxylic acids is 2. The molecule has 2 N–H and O–H groups in total. The minimum absolute atomic E-state index is 0.0372. The zero-order chi connectivity index (χ0) is 19.7. The summed E-state index contributed by atoms with van der Waals surface area (Å²) in [4.78, 5) is 32.5. The molecule has 0 atom stereocenters. The van der Waals surface area contributed by atoms with Crippen LogP contribution in [-0.4, -0.2) is 28.8 Å². The Bertz CT molecular complexity index is 1070. The van der Waals surface area contributed by atoms with E-state index in [4.69, 9.17) is 11.6 Å². The fraction of sp³-hybridized carbons (Fsp3) is 0.100. The second kappa shape index (κ2) is 7.28. The standard InChI is InChI=1S/C20H15ClN4O3/c1-28-19(27)11-2-4-12(5-3-11)23-20-22-10-16-15(25-20)8-6-13-14(21)7-9-17(26)18(13)24-16/h2-8,10,24H,9H2,1H3,(H,22,23,25). The van der Waals surface area contributed by atoms with Crippen LogP contribution in [0.4, 0.5) is 17.3 Å². The Morgan fingerprint density at radius 1 is 1.25 bits per heavy atom. The fourth-order valence-corrected chi connectivity index (χ4v) is 3.11. The summed E-state index contributed by atoms with van der Waals surface area (Å²) >= 11 is 6.23. The minimum Gasteiger partial charge on any atom is -0.465 e. The van der Waals surface area contributed by atoms with Gasteiger partial charge in [0.2, 0.25) is 5.95 Å². The molecule has 1 aliphatic carbocycles. The Labute approximate surface area is 165 Å². The first-order valence-electron chi connectivity index (χ1n) is 8.46. The molecule has 7 nitrogen and oxygen atoms in total. The average molecular weight is 395 g/mol. The van der Waals surface area contributed by atoms with Crippen molar-refractivity contribution < 1.29 is 14.3 Å². The summed E-state index contributed by atoms with van der Waals surface area (Å²) in [6.45, 7) is 0. The number of hydrogen-bond acceptors (Lipinski definition) is 7. The number of aromatic nitrogens is 2. The Kier molecular flexibility index (Phi) is 4.67. The van der Waals surface area contributed by atoms with E-state index in [-0.39, 0.29) is 12.2 Å². The Hall–Kier alpha value is -3.45. The number of nitrogens with zero attached hydrogens (tertiary/aromatic N) is 2. The van der Waals surface area contributed by atoms with Crippen LogP contribution in [-0.2, 0) is 9.53 Å². The first-order chi connectivity index (χ1) is 13.5. The second-order valence-electron chi connectivity index (χ2n) is 6.11. The van der Waals surface area contributed by atoms with Gasteiger partial charge in [-0.3, -0.25) is 4.79 Å². The van der Waals surface area contributed by atoms with E-state index in [9.17, 15) is 9.59 Å². The second-order valence-corrected chi connectivity index (χ2v) is 6.52. The Morgan fingerprint density at radius 3 is 2.79 bits per heavy atom. The van der Waals surface area contributed by atoms with Crippen LogP contribution in [0.3, 0.4) is 0 Å². The molecule has 28 heavy (non-hydrogen) atoms. The molecule has 2 aliphatic rings. The summed E-state index contributed by atoms with van der Waals surface area (Å²) in [7, 11) is 1.34. The van der Waals surface area contributed by atoms with Crippen LogP contribution in [0.2, 0.25) is 0 Å². The van der Waals surface area contributed by atoms with Gasteiger partial charge in [-0.25, -0.2) is 14.8 Å². The number of nitrogens with one attached hydrogen (secondary N) is 2. The normalized spacial score (nSPS) is 15.1. The summed E-state index contributed by atoms with van der Waals surface area (Å²) in [5.41, 5.74) is 3.50. The predicted molar refractivity (Wildman–Crippen MR) is 106 cm³/mol. The number of hydrogen-bond donors (Lipinski definition) is 2. The van der Waals surface area contributed by atoms with Crippen molar-refractivity contribution in [2.24, 2.45) is 0 Å².